The largest absolute Gasteiger partial charge is 0.396 e. The molecule has 2 saturated carbocycles. The van der Waals surface area contributed by atoms with Crippen molar-refractivity contribution < 1.29 is 10.2 Å². The van der Waals surface area contributed by atoms with Gasteiger partial charge in [0.15, 0.2) is 0 Å². The zero-order valence-electron chi connectivity index (χ0n) is 10.5. The highest BCUT2D eigenvalue weighted by Gasteiger charge is 2.44. The lowest BCUT2D eigenvalue weighted by molar-refractivity contribution is -0.00362. The van der Waals surface area contributed by atoms with E-state index in [1.807, 2.05) is 6.92 Å². The molecule has 2 rings (SSSR count). The predicted molar refractivity (Wildman–Crippen MR) is 65.1 cm³/mol. The summed E-state index contributed by atoms with van der Waals surface area (Å²) >= 11 is 0. The minimum atomic E-state index is -0.619. The molecular formula is C14H26O2. The van der Waals surface area contributed by atoms with Gasteiger partial charge in [-0.15, -0.1) is 0 Å². The lowest BCUT2D eigenvalue weighted by Crippen LogP contribution is -2.31. The lowest BCUT2D eigenvalue weighted by atomic mass is 9.84. The number of rotatable bonds is 2. The van der Waals surface area contributed by atoms with E-state index in [9.17, 15) is 10.2 Å². The highest BCUT2D eigenvalue weighted by molar-refractivity contribution is 4.95. The van der Waals surface area contributed by atoms with Crippen molar-refractivity contribution in [1.82, 2.24) is 0 Å². The van der Waals surface area contributed by atoms with E-state index in [1.165, 1.54) is 38.5 Å². The first-order valence-electron chi connectivity index (χ1n) is 6.96. The smallest absolute Gasteiger partial charge is 0.0672 e. The average molecular weight is 226 g/mol. The van der Waals surface area contributed by atoms with E-state index in [-0.39, 0.29) is 12.5 Å². The molecule has 16 heavy (non-hydrogen) atoms. The van der Waals surface area contributed by atoms with Crippen LogP contribution in [0.4, 0.5) is 0 Å². The van der Waals surface area contributed by atoms with Crippen molar-refractivity contribution in [2.75, 3.05) is 6.61 Å². The van der Waals surface area contributed by atoms with Gasteiger partial charge < -0.3 is 10.2 Å². The van der Waals surface area contributed by atoms with Gasteiger partial charge in [-0.05, 0) is 31.6 Å². The molecule has 0 aliphatic heterocycles. The summed E-state index contributed by atoms with van der Waals surface area (Å²) in [5.74, 6) is 1.58. The fourth-order valence-electron chi connectivity index (χ4n) is 3.81. The van der Waals surface area contributed by atoms with Crippen LogP contribution in [0.1, 0.15) is 58.3 Å². The van der Waals surface area contributed by atoms with E-state index < -0.39 is 5.60 Å². The number of aliphatic hydroxyl groups is 2. The van der Waals surface area contributed by atoms with Crippen LogP contribution >= 0.6 is 0 Å². The van der Waals surface area contributed by atoms with Crippen LogP contribution in [-0.4, -0.2) is 22.4 Å². The Morgan fingerprint density at radius 1 is 1.06 bits per heavy atom. The Morgan fingerprint density at radius 3 is 2.19 bits per heavy atom. The monoisotopic (exact) mass is 226 g/mol. The number of aliphatic hydroxyl groups excluding tert-OH is 1. The van der Waals surface area contributed by atoms with Gasteiger partial charge in [0.25, 0.3) is 0 Å². The minimum Gasteiger partial charge on any atom is -0.396 e. The normalized spacial score (nSPS) is 42.2. The Balaban J connectivity index is 1.95. The summed E-state index contributed by atoms with van der Waals surface area (Å²) in [7, 11) is 0. The molecule has 2 aliphatic carbocycles. The molecular weight excluding hydrogens is 200 g/mol. The van der Waals surface area contributed by atoms with Crippen molar-refractivity contribution in [3.05, 3.63) is 0 Å². The molecule has 0 bridgehead atoms. The molecule has 0 saturated heterocycles. The maximum absolute atomic E-state index is 10.3. The lowest BCUT2D eigenvalue weighted by Gasteiger charge is -2.24. The van der Waals surface area contributed by atoms with Crippen LogP contribution in [0.15, 0.2) is 0 Å². The molecule has 0 radical (unpaired) electrons. The van der Waals surface area contributed by atoms with Gasteiger partial charge in [0.2, 0.25) is 0 Å². The molecule has 0 aromatic heterocycles. The van der Waals surface area contributed by atoms with Crippen molar-refractivity contribution in [1.29, 1.82) is 0 Å². The van der Waals surface area contributed by atoms with Crippen LogP contribution in [0.25, 0.3) is 0 Å². The van der Waals surface area contributed by atoms with Gasteiger partial charge in [-0.3, -0.25) is 0 Å². The maximum atomic E-state index is 10.3. The summed E-state index contributed by atoms with van der Waals surface area (Å²) in [4.78, 5) is 0. The standard InChI is InChI=1S/C14H26O2/c1-14(16)9-12(8-13(14)10-15)11-6-4-2-3-5-7-11/h11-13,15-16H,2-10H2,1H3/t12-,13?,14+/m1/s1. The Labute approximate surface area is 99.1 Å². The van der Waals surface area contributed by atoms with Crippen molar-refractivity contribution in [2.45, 2.75) is 63.9 Å². The van der Waals surface area contributed by atoms with Crippen LogP contribution in [-0.2, 0) is 0 Å². The Bertz CT molecular complexity index is 217. The first-order valence-corrected chi connectivity index (χ1v) is 6.96. The Morgan fingerprint density at radius 2 is 1.69 bits per heavy atom. The first kappa shape index (κ1) is 12.4. The summed E-state index contributed by atoms with van der Waals surface area (Å²) in [5, 5.41) is 19.6. The third kappa shape index (κ3) is 2.60. The van der Waals surface area contributed by atoms with Crippen molar-refractivity contribution in [3.8, 4) is 0 Å². The quantitative estimate of drug-likeness (QED) is 0.711. The fraction of sp³-hybridized carbons (Fsp3) is 1.00. The third-order valence-electron chi connectivity index (χ3n) is 4.93. The molecule has 2 heteroatoms. The van der Waals surface area contributed by atoms with Gasteiger partial charge in [0.1, 0.15) is 0 Å². The molecule has 0 aromatic carbocycles. The van der Waals surface area contributed by atoms with E-state index in [4.69, 9.17) is 0 Å². The third-order valence-corrected chi connectivity index (χ3v) is 4.93. The van der Waals surface area contributed by atoms with Gasteiger partial charge in [-0.1, -0.05) is 38.5 Å². The summed E-state index contributed by atoms with van der Waals surface area (Å²) in [6, 6.07) is 0. The van der Waals surface area contributed by atoms with Crippen LogP contribution in [0, 0.1) is 17.8 Å². The maximum Gasteiger partial charge on any atom is 0.0672 e. The van der Waals surface area contributed by atoms with E-state index in [1.54, 1.807) is 0 Å². The number of hydrogen-bond acceptors (Lipinski definition) is 2. The molecule has 0 amide bonds. The second-order valence-corrected chi connectivity index (χ2v) is 6.19. The summed E-state index contributed by atoms with van der Waals surface area (Å²) in [6.45, 7) is 2.06. The van der Waals surface area contributed by atoms with Crippen molar-refractivity contribution in [3.63, 3.8) is 0 Å². The van der Waals surface area contributed by atoms with Crippen LogP contribution in [0.5, 0.6) is 0 Å². The number of hydrogen-bond donors (Lipinski definition) is 2. The molecule has 2 nitrogen and oxygen atoms in total. The van der Waals surface area contributed by atoms with E-state index in [0.717, 1.165) is 18.8 Å². The molecule has 2 fully saturated rings. The second kappa shape index (κ2) is 5.05. The van der Waals surface area contributed by atoms with Crippen LogP contribution < -0.4 is 0 Å². The molecule has 0 aromatic rings. The molecule has 0 heterocycles. The van der Waals surface area contributed by atoms with Crippen molar-refractivity contribution in [2.24, 2.45) is 17.8 Å². The predicted octanol–water partition coefficient (Wildman–Crippen LogP) is 2.73. The van der Waals surface area contributed by atoms with Gasteiger partial charge in [0, 0.05) is 12.5 Å². The van der Waals surface area contributed by atoms with Gasteiger partial charge in [0.05, 0.1) is 5.60 Å². The topological polar surface area (TPSA) is 40.5 Å². The van der Waals surface area contributed by atoms with E-state index >= 15 is 0 Å². The SMILES string of the molecule is C[C@]1(O)C[C@H](C2CCCCCC2)CC1CO. The zero-order chi connectivity index (χ0) is 11.6. The average Bonchev–Trinajstić information content (AvgIpc) is 2.46. The van der Waals surface area contributed by atoms with E-state index in [0.29, 0.717) is 5.92 Å². The Kier molecular flexibility index (Phi) is 3.91. The van der Waals surface area contributed by atoms with Crippen LogP contribution in [0.3, 0.4) is 0 Å². The van der Waals surface area contributed by atoms with Gasteiger partial charge >= 0.3 is 0 Å². The summed E-state index contributed by atoms with van der Waals surface area (Å²) in [5.41, 5.74) is -0.619. The van der Waals surface area contributed by atoms with Crippen LogP contribution in [0.2, 0.25) is 0 Å². The van der Waals surface area contributed by atoms with Gasteiger partial charge in [-0.2, -0.15) is 0 Å². The highest BCUT2D eigenvalue weighted by Crippen LogP contribution is 2.46. The highest BCUT2D eigenvalue weighted by atomic mass is 16.3. The zero-order valence-corrected chi connectivity index (χ0v) is 10.5. The summed E-state index contributed by atoms with van der Waals surface area (Å²) < 4.78 is 0. The first-order chi connectivity index (χ1) is 7.63. The second-order valence-electron chi connectivity index (χ2n) is 6.19. The molecule has 1 unspecified atom stereocenters. The Hall–Kier alpha value is -0.0800. The molecule has 2 N–H and O–H groups in total. The molecule has 3 atom stereocenters. The minimum absolute atomic E-state index is 0.112. The molecule has 2 aliphatic rings. The molecule has 0 spiro atoms. The summed E-state index contributed by atoms with van der Waals surface area (Å²) in [6.07, 6.45) is 10.2. The van der Waals surface area contributed by atoms with Gasteiger partial charge in [-0.25, -0.2) is 0 Å². The fourth-order valence-corrected chi connectivity index (χ4v) is 3.81. The molecule has 94 valence electrons. The van der Waals surface area contributed by atoms with Crippen molar-refractivity contribution >= 4 is 0 Å². The van der Waals surface area contributed by atoms with E-state index in [2.05, 4.69) is 0 Å².